The van der Waals surface area contributed by atoms with Gasteiger partial charge < -0.3 is 0 Å². The molecule has 0 N–H and O–H groups in total. The van der Waals surface area contributed by atoms with Gasteiger partial charge in [0, 0.05) is 16.2 Å². The minimum atomic E-state index is -3.71. The lowest BCUT2D eigenvalue weighted by molar-refractivity contribution is 0.610. The van der Waals surface area contributed by atoms with Crippen LogP contribution in [-0.2, 0) is 9.05 Å². The Bertz CT molecular complexity index is 660. The molecule has 0 saturated heterocycles. The first-order chi connectivity index (χ1) is 8.30. The first kappa shape index (κ1) is 13.4. The second-order valence-electron chi connectivity index (χ2n) is 4.78. The second-order valence-corrected chi connectivity index (χ2v) is 7.32. The molecule has 4 heteroatoms. The maximum Gasteiger partial charge on any atom is 0.261 e. The minimum absolute atomic E-state index is 0.203. The molecule has 0 spiro atoms. The van der Waals surface area contributed by atoms with Crippen LogP contribution in [0.5, 0.6) is 0 Å². The van der Waals surface area contributed by atoms with E-state index in [0.29, 0.717) is 11.5 Å². The predicted molar refractivity (Wildman–Crippen MR) is 74.9 cm³/mol. The Morgan fingerprint density at radius 3 is 2.33 bits per heavy atom. The van der Waals surface area contributed by atoms with Gasteiger partial charge in [-0.3, -0.25) is 0 Å². The topological polar surface area (TPSA) is 34.1 Å². The first-order valence-electron chi connectivity index (χ1n) is 5.78. The van der Waals surface area contributed by atoms with Gasteiger partial charge in [0.1, 0.15) is 0 Å². The summed E-state index contributed by atoms with van der Waals surface area (Å²) in [7, 11) is 1.79. The molecular weight excluding hydrogens is 268 g/mol. The van der Waals surface area contributed by atoms with Crippen molar-refractivity contribution in [2.45, 2.75) is 31.6 Å². The van der Waals surface area contributed by atoms with Crippen LogP contribution >= 0.6 is 10.7 Å². The van der Waals surface area contributed by atoms with Crippen molar-refractivity contribution < 1.29 is 8.42 Å². The highest BCUT2D eigenvalue weighted by atomic mass is 35.7. The Kier molecular flexibility index (Phi) is 3.39. The van der Waals surface area contributed by atoms with Gasteiger partial charge in [0.25, 0.3) is 9.05 Å². The molecule has 2 aliphatic rings. The van der Waals surface area contributed by atoms with Crippen LogP contribution < -0.4 is 0 Å². The maximum absolute atomic E-state index is 11.6. The molecule has 0 radical (unpaired) electrons. The van der Waals surface area contributed by atoms with Crippen LogP contribution in [0.15, 0.2) is 35.2 Å². The molecule has 0 aromatic carbocycles. The third kappa shape index (κ3) is 2.38. The van der Waals surface area contributed by atoms with E-state index in [0.717, 1.165) is 16.7 Å². The minimum Gasteiger partial charge on any atom is -0.207 e. The smallest absolute Gasteiger partial charge is 0.207 e. The van der Waals surface area contributed by atoms with Crippen molar-refractivity contribution in [2.24, 2.45) is 0 Å². The summed E-state index contributed by atoms with van der Waals surface area (Å²) < 4.78 is 23.2. The molecule has 2 aliphatic carbocycles. The van der Waals surface area contributed by atoms with E-state index in [1.807, 2.05) is 31.2 Å². The zero-order chi connectivity index (χ0) is 13.5. The zero-order valence-electron chi connectivity index (χ0n) is 10.6. The summed E-state index contributed by atoms with van der Waals surface area (Å²) in [5, 5.41) is 0. The van der Waals surface area contributed by atoms with Gasteiger partial charge in [-0.2, -0.15) is 0 Å². The Hall–Kier alpha value is -1.06. The molecule has 96 valence electrons. The number of rotatable bonds is 2. The van der Waals surface area contributed by atoms with Crippen molar-refractivity contribution in [2.75, 3.05) is 0 Å². The summed E-state index contributed by atoms with van der Waals surface area (Å²) in [6.45, 7) is 6.04. The van der Waals surface area contributed by atoms with Crippen LogP contribution in [0.4, 0.5) is 0 Å². The molecule has 0 fully saturated rings. The normalized spacial score (nSPS) is 12.3. The van der Waals surface area contributed by atoms with E-state index >= 15 is 0 Å². The van der Waals surface area contributed by atoms with Crippen LogP contribution in [0.1, 0.15) is 30.9 Å². The van der Waals surface area contributed by atoms with Crippen LogP contribution in [0.3, 0.4) is 0 Å². The predicted octanol–water partition coefficient (Wildman–Crippen LogP) is 4.15. The highest BCUT2D eigenvalue weighted by molar-refractivity contribution is 8.13. The molecule has 0 atom stereocenters. The molecule has 0 saturated carbocycles. The highest BCUT2D eigenvalue weighted by Crippen LogP contribution is 2.37. The van der Waals surface area contributed by atoms with Gasteiger partial charge in [-0.15, -0.1) is 0 Å². The van der Waals surface area contributed by atoms with Crippen LogP contribution in [0.2, 0.25) is 0 Å². The van der Waals surface area contributed by atoms with Gasteiger partial charge in [0.2, 0.25) is 0 Å². The van der Waals surface area contributed by atoms with E-state index in [1.54, 1.807) is 6.07 Å². The standard InChI is InChI=1S/C14H15ClO2S/c1-9(2)11-5-4-6-12-10(3)7-14(13(12)8-11)18(15,16)17/h4-9H,1-3H3. The summed E-state index contributed by atoms with van der Waals surface area (Å²) in [5.74, 6) is 0.335. The molecule has 0 amide bonds. The maximum atomic E-state index is 11.6. The molecule has 0 aromatic heterocycles. The Morgan fingerprint density at radius 2 is 1.78 bits per heavy atom. The Morgan fingerprint density at radius 1 is 1.11 bits per heavy atom. The number of halogens is 1. The summed E-state index contributed by atoms with van der Waals surface area (Å²) in [6, 6.07) is 9.45. The lowest BCUT2D eigenvalue weighted by atomic mass is 10.0. The average Bonchev–Trinajstić information content (AvgIpc) is 2.47. The largest absolute Gasteiger partial charge is 0.261 e. The fourth-order valence-electron chi connectivity index (χ4n) is 2.10. The lowest BCUT2D eigenvalue weighted by Gasteiger charge is -2.03. The third-order valence-electron chi connectivity index (χ3n) is 3.12. The Labute approximate surface area is 112 Å². The molecule has 0 heterocycles. The Balaban J connectivity index is 2.81. The molecule has 2 nitrogen and oxygen atoms in total. The van der Waals surface area contributed by atoms with Gasteiger partial charge in [0.05, 0.1) is 4.90 Å². The monoisotopic (exact) mass is 282 g/mol. The van der Waals surface area contributed by atoms with Crippen LogP contribution in [-0.4, -0.2) is 8.42 Å². The SMILES string of the molecule is Cc1cc(S(=O)(=O)Cl)c2cc(C(C)C)cccc1-2. The quantitative estimate of drug-likeness (QED) is 0.776. The van der Waals surface area contributed by atoms with Gasteiger partial charge in [-0.25, -0.2) is 8.42 Å². The molecular formula is C14H15ClO2S. The van der Waals surface area contributed by atoms with E-state index < -0.39 is 9.05 Å². The number of fused-ring (bicyclic) bond motifs is 1. The summed E-state index contributed by atoms with van der Waals surface area (Å²) >= 11 is 0. The van der Waals surface area contributed by atoms with Gasteiger partial charge >= 0.3 is 0 Å². The molecule has 0 aromatic rings. The van der Waals surface area contributed by atoms with Crippen molar-refractivity contribution in [3.05, 3.63) is 41.5 Å². The van der Waals surface area contributed by atoms with E-state index in [4.69, 9.17) is 10.7 Å². The van der Waals surface area contributed by atoms with E-state index in [9.17, 15) is 8.42 Å². The number of aryl methyl sites for hydroxylation is 1. The molecule has 0 aliphatic heterocycles. The molecule has 18 heavy (non-hydrogen) atoms. The number of hydrogen-bond donors (Lipinski definition) is 0. The fraction of sp³-hybridized carbons (Fsp3) is 0.286. The van der Waals surface area contributed by atoms with Gasteiger partial charge in [-0.1, -0.05) is 32.0 Å². The van der Waals surface area contributed by atoms with Gasteiger partial charge in [0.15, 0.2) is 0 Å². The van der Waals surface area contributed by atoms with Crippen molar-refractivity contribution in [1.29, 1.82) is 0 Å². The molecule has 0 unspecified atom stereocenters. The van der Waals surface area contributed by atoms with E-state index in [2.05, 4.69) is 13.8 Å². The van der Waals surface area contributed by atoms with Gasteiger partial charge in [-0.05, 0) is 41.7 Å². The zero-order valence-corrected chi connectivity index (χ0v) is 12.1. The van der Waals surface area contributed by atoms with Crippen molar-refractivity contribution in [3.63, 3.8) is 0 Å². The van der Waals surface area contributed by atoms with Crippen molar-refractivity contribution in [3.8, 4) is 11.1 Å². The van der Waals surface area contributed by atoms with E-state index in [-0.39, 0.29) is 4.90 Å². The number of hydrogen-bond acceptors (Lipinski definition) is 2. The molecule has 2 rings (SSSR count). The lowest BCUT2D eigenvalue weighted by Crippen LogP contribution is -1.90. The van der Waals surface area contributed by atoms with Crippen molar-refractivity contribution in [1.82, 2.24) is 0 Å². The average molecular weight is 283 g/mol. The van der Waals surface area contributed by atoms with E-state index in [1.165, 1.54) is 0 Å². The molecule has 0 bridgehead atoms. The summed E-state index contributed by atoms with van der Waals surface area (Å²) in [4.78, 5) is 0.203. The van der Waals surface area contributed by atoms with Crippen LogP contribution in [0, 0.1) is 6.92 Å². The van der Waals surface area contributed by atoms with Crippen LogP contribution in [0.25, 0.3) is 11.1 Å². The van der Waals surface area contributed by atoms with Crippen molar-refractivity contribution >= 4 is 19.7 Å². The first-order valence-corrected chi connectivity index (χ1v) is 8.09. The fourth-order valence-corrected chi connectivity index (χ4v) is 3.23. The second kappa shape index (κ2) is 4.56. The summed E-state index contributed by atoms with van der Waals surface area (Å²) in [5.41, 5.74) is 3.66. The third-order valence-corrected chi connectivity index (χ3v) is 4.48. The highest BCUT2D eigenvalue weighted by Gasteiger charge is 2.21. The summed E-state index contributed by atoms with van der Waals surface area (Å²) in [6.07, 6.45) is 0.